The molecule has 0 bridgehead atoms. The van der Waals surface area contributed by atoms with Crippen LogP contribution in [-0.2, 0) is 13.0 Å². The topological polar surface area (TPSA) is 78.6 Å². The first-order valence-corrected chi connectivity index (χ1v) is 11.1. The van der Waals surface area contributed by atoms with E-state index in [0.29, 0.717) is 35.8 Å². The van der Waals surface area contributed by atoms with Crippen molar-refractivity contribution in [3.8, 4) is 17.2 Å². The van der Waals surface area contributed by atoms with Gasteiger partial charge in [0.15, 0.2) is 0 Å². The summed E-state index contributed by atoms with van der Waals surface area (Å²) in [6.07, 6.45) is -0.114. The van der Waals surface area contributed by atoms with Crippen molar-refractivity contribution in [3.05, 3.63) is 70.2 Å². The molecule has 8 nitrogen and oxygen atoms in total. The molecule has 1 atom stereocenters. The number of benzene rings is 1. The van der Waals surface area contributed by atoms with Gasteiger partial charge in [-0.3, -0.25) is 9.59 Å². The van der Waals surface area contributed by atoms with Gasteiger partial charge in [-0.1, -0.05) is 6.07 Å². The number of aromatic nitrogens is 3. The first-order valence-electron chi connectivity index (χ1n) is 11.1. The van der Waals surface area contributed by atoms with Crippen LogP contribution < -0.4 is 15.0 Å². The number of carbonyl (C=O) groups excluding carboxylic acids is 1. The lowest BCUT2D eigenvalue weighted by atomic mass is 10.0. The Hall–Kier alpha value is -3.69. The number of aryl methyl sites for hydroxylation is 1. The number of imidazole rings is 1. The van der Waals surface area contributed by atoms with Crippen molar-refractivity contribution in [3.63, 3.8) is 0 Å². The fourth-order valence-electron chi connectivity index (χ4n) is 4.41. The molecule has 10 heteroatoms. The number of alkyl halides is 2. The number of halogens is 2. The summed E-state index contributed by atoms with van der Waals surface area (Å²) in [5, 5.41) is 0. The maximum atomic E-state index is 13.6. The number of hydrogen-bond acceptors (Lipinski definition) is 5. The van der Waals surface area contributed by atoms with Gasteiger partial charge in [0.2, 0.25) is 0 Å². The minimum absolute atomic E-state index is 0.118. The highest BCUT2D eigenvalue weighted by molar-refractivity contribution is 5.93. The minimum atomic E-state index is -3.18. The SMILES string of the molecule is Cc1cn(-c2ccc3n(c2=O)CCN([C@@H](C)COc2cccc4c2CCC(F)(F)O4)C3=O)cn1. The Labute approximate surface area is 194 Å². The fourth-order valence-corrected chi connectivity index (χ4v) is 4.41. The highest BCUT2D eigenvalue weighted by atomic mass is 19.3. The van der Waals surface area contributed by atoms with Crippen molar-refractivity contribution >= 4 is 5.91 Å². The van der Waals surface area contributed by atoms with Gasteiger partial charge in [-0.15, -0.1) is 0 Å². The van der Waals surface area contributed by atoms with Gasteiger partial charge < -0.3 is 23.5 Å². The molecule has 2 aliphatic rings. The molecule has 0 radical (unpaired) electrons. The summed E-state index contributed by atoms with van der Waals surface area (Å²) >= 11 is 0. The van der Waals surface area contributed by atoms with Gasteiger partial charge >= 0.3 is 6.11 Å². The molecular formula is C24H24F2N4O4. The third-order valence-corrected chi connectivity index (χ3v) is 6.22. The van der Waals surface area contributed by atoms with Crippen molar-refractivity contribution in [1.82, 2.24) is 19.0 Å². The maximum Gasteiger partial charge on any atom is 0.398 e. The van der Waals surface area contributed by atoms with Crippen LogP contribution in [0.1, 0.15) is 35.1 Å². The number of hydrogen-bond donors (Lipinski definition) is 0. The Morgan fingerprint density at radius 3 is 2.79 bits per heavy atom. The lowest BCUT2D eigenvalue weighted by Gasteiger charge is -2.34. The van der Waals surface area contributed by atoms with E-state index in [1.807, 2.05) is 13.8 Å². The van der Waals surface area contributed by atoms with Crippen molar-refractivity contribution < 1.29 is 23.0 Å². The fraction of sp³-hybridized carbons (Fsp3) is 0.375. The number of amides is 1. The Morgan fingerprint density at radius 2 is 2.03 bits per heavy atom. The molecule has 178 valence electrons. The number of carbonyl (C=O) groups is 1. The van der Waals surface area contributed by atoms with Crippen LogP contribution in [0.25, 0.3) is 5.69 Å². The van der Waals surface area contributed by atoms with Crippen LogP contribution in [0.2, 0.25) is 0 Å². The summed E-state index contributed by atoms with van der Waals surface area (Å²) in [4.78, 5) is 32.0. The lowest BCUT2D eigenvalue weighted by Crippen LogP contribution is -2.50. The Kier molecular flexibility index (Phi) is 5.38. The van der Waals surface area contributed by atoms with Crippen LogP contribution in [0.5, 0.6) is 11.5 Å². The van der Waals surface area contributed by atoms with E-state index in [1.165, 1.54) is 10.6 Å². The predicted octanol–water partition coefficient (Wildman–Crippen LogP) is 3.18. The van der Waals surface area contributed by atoms with Crippen LogP contribution in [0.3, 0.4) is 0 Å². The molecule has 5 rings (SSSR count). The predicted molar refractivity (Wildman–Crippen MR) is 119 cm³/mol. The van der Waals surface area contributed by atoms with Crippen molar-refractivity contribution in [2.45, 2.75) is 45.4 Å². The zero-order valence-electron chi connectivity index (χ0n) is 18.8. The Bertz CT molecular complexity index is 1320. The van der Waals surface area contributed by atoms with E-state index in [0.717, 1.165) is 5.69 Å². The highest BCUT2D eigenvalue weighted by Gasteiger charge is 2.37. The minimum Gasteiger partial charge on any atom is -0.491 e. The summed E-state index contributed by atoms with van der Waals surface area (Å²) in [5.74, 6) is 0.333. The quantitative estimate of drug-likeness (QED) is 0.573. The molecule has 0 saturated carbocycles. The maximum absolute atomic E-state index is 13.6. The third-order valence-electron chi connectivity index (χ3n) is 6.22. The number of nitrogens with zero attached hydrogens (tertiary/aromatic N) is 4. The number of fused-ring (bicyclic) bond motifs is 2. The Morgan fingerprint density at radius 1 is 1.21 bits per heavy atom. The van der Waals surface area contributed by atoms with E-state index in [-0.39, 0.29) is 36.3 Å². The molecule has 0 aliphatic carbocycles. The largest absolute Gasteiger partial charge is 0.491 e. The molecule has 2 aliphatic heterocycles. The normalized spacial score (nSPS) is 17.5. The molecular weight excluding hydrogens is 446 g/mol. The zero-order valence-corrected chi connectivity index (χ0v) is 18.8. The van der Waals surface area contributed by atoms with Gasteiger partial charge in [0.1, 0.15) is 29.5 Å². The summed E-state index contributed by atoms with van der Waals surface area (Å²) in [5.41, 5.74) is 1.89. The smallest absolute Gasteiger partial charge is 0.398 e. The van der Waals surface area contributed by atoms with Crippen LogP contribution in [-0.4, -0.2) is 50.2 Å². The van der Waals surface area contributed by atoms with Gasteiger partial charge in [-0.25, -0.2) is 4.98 Å². The molecule has 1 aromatic carbocycles. The molecule has 0 unspecified atom stereocenters. The molecule has 0 N–H and O–H groups in total. The average Bonchev–Trinajstić information content (AvgIpc) is 3.23. The van der Waals surface area contributed by atoms with Crippen molar-refractivity contribution in [1.29, 1.82) is 0 Å². The molecule has 0 fully saturated rings. The van der Waals surface area contributed by atoms with Crippen molar-refractivity contribution in [2.75, 3.05) is 13.2 Å². The van der Waals surface area contributed by atoms with Crippen molar-refractivity contribution in [2.24, 2.45) is 0 Å². The molecule has 1 amide bonds. The second kappa shape index (κ2) is 8.27. The van der Waals surface area contributed by atoms with E-state index in [4.69, 9.17) is 9.47 Å². The number of ether oxygens (including phenoxy) is 2. The van der Waals surface area contributed by atoms with Gasteiger partial charge in [0.05, 0.1) is 24.5 Å². The first-order chi connectivity index (χ1) is 16.2. The summed E-state index contributed by atoms with van der Waals surface area (Å²) < 4.78 is 40.9. The highest BCUT2D eigenvalue weighted by Crippen LogP contribution is 2.39. The van der Waals surface area contributed by atoms with Gasteiger partial charge in [-0.2, -0.15) is 8.78 Å². The molecule has 3 aromatic rings. The number of pyridine rings is 1. The van der Waals surface area contributed by atoms with E-state index in [1.54, 1.807) is 46.3 Å². The van der Waals surface area contributed by atoms with Crippen LogP contribution in [0.4, 0.5) is 8.78 Å². The average molecular weight is 470 g/mol. The van der Waals surface area contributed by atoms with Gasteiger partial charge in [0.25, 0.3) is 11.5 Å². The summed E-state index contributed by atoms with van der Waals surface area (Å²) in [7, 11) is 0. The van der Waals surface area contributed by atoms with Crippen LogP contribution >= 0.6 is 0 Å². The summed E-state index contributed by atoms with van der Waals surface area (Å²) in [6, 6.07) is 7.80. The Balaban J connectivity index is 1.31. The van der Waals surface area contributed by atoms with Gasteiger partial charge in [-0.05, 0) is 44.5 Å². The van der Waals surface area contributed by atoms with Crippen LogP contribution in [0, 0.1) is 6.92 Å². The molecule has 0 spiro atoms. The monoisotopic (exact) mass is 470 g/mol. The zero-order chi connectivity index (χ0) is 24.0. The first kappa shape index (κ1) is 22.1. The molecule has 0 saturated heterocycles. The molecule has 34 heavy (non-hydrogen) atoms. The second-order valence-corrected chi connectivity index (χ2v) is 8.61. The standard InChI is InChI=1S/C24H24F2N4O4/c1-15-12-28(14-27-15)18-6-7-19-23(32)29(10-11-30(19)22(18)31)16(2)13-33-20-4-3-5-21-17(20)8-9-24(25,26)34-21/h3-7,12,14,16H,8-11,13H2,1-2H3/t16-/m0/s1. The number of rotatable bonds is 5. The summed E-state index contributed by atoms with van der Waals surface area (Å²) in [6.45, 7) is 4.58. The van der Waals surface area contributed by atoms with Crippen LogP contribution in [0.15, 0.2) is 47.7 Å². The van der Waals surface area contributed by atoms with E-state index in [2.05, 4.69) is 4.98 Å². The van der Waals surface area contributed by atoms with E-state index in [9.17, 15) is 18.4 Å². The third kappa shape index (κ3) is 3.93. The van der Waals surface area contributed by atoms with Gasteiger partial charge in [0, 0.05) is 24.8 Å². The van der Waals surface area contributed by atoms with E-state index < -0.39 is 12.5 Å². The molecule has 2 aromatic heterocycles. The van der Waals surface area contributed by atoms with E-state index >= 15 is 0 Å². The molecule has 4 heterocycles. The lowest BCUT2D eigenvalue weighted by molar-refractivity contribution is -0.187. The second-order valence-electron chi connectivity index (χ2n) is 8.61.